The highest BCUT2D eigenvalue weighted by atomic mass is 16.5. The number of hydrazone groups is 1. The van der Waals surface area contributed by atoms with Crippen molar-refractivity contribution in [2.75, 3.05) is 0 Å². The molecule has 1 aliphatic heterocycles. The zero-order valence-electron chi connectivity index (χ0n) is 14.0. The van der Waals surface area contributed by atoms with Crippen molar-refractivity contribution in [2.24, 2.45) is 5.10 Å². The Morgan fingerprint density at radius 1 is 1.00 bits per heavy atom. The molecule has 0 fully saturated rings. The lowest BCUT2D eigenvalue weighted by Gasteiger charge is -2.27. The van der Waals surface area contributed by atoms with Crippen molar-refractivity contribution in [2.45, 2.75) is 12.5 Å². The fourth-order valence-electron chi connectivity index (χ4n) is 2.93. The van der Waals surface area contributed by atoms with E-state index in [1.165, 1.54) is 0 Å². The molecule has 0 saturated carbocycles. The van der Waals surface area contributed by atoms with Gasteiger partial charge in [0.2, 0.25) is 0 Å². The number of amides is 1. The first-order valence-corrected chi connectivity index (χ1v) is 8.39. The van der Waals surface area contributed by atoms with E-state index in [0.29, 0.717) is 12.0 Å². The third kappa shape index (κ3) is 3.32. The molecule has 5 heteroatoms. The monoisotopic (exact) mass is 343 g/mol. The van der Waals surface area contributed by atoms with Crippen molar-refractivity contribution in [1.29, 1.82) is 0 Å². The van der Waals surface area contributed by atoms with Gasteiger partial charge in [-0.05, 0) is 29.8 Å². The smallest absolute Gasteiger partial charge is 0.271 e. The zero-order valence-corrected chi connectivity index (χ0v) is 14.0. The summed E-state index contributed by atoms with van der Waals surface area (Å²) in [5.74, 6) is 0.504. The Morgan fingerprint density at radius 2 is 1.73 bits per heavy atom. The summed E-state index contributed by atoms with van der Waals surface area (Å²) in [6.45, 7) is 0. The van der Waals surface area contributed by atoms with Gasteiger partial charge in [-0.1, -0.05) is 42.5 Å². The lowest BCUT2D eigenvalue weighted by Crippen LogP contribution is -2.25. The summed E-state index contributed by atoms with van der Waals surface area (Å²) in [6.07, 6.45) is 3.61. The average molecular weight is 343 g/mol. The molecule has 0 aliphatic carbocycles. The highest BCUT2D eigenvalue weighted by molar-refractivity contribution is 6.05. The quantitative estimate of drug-likeness (QED) is 0.737. The van der Waals surface area contributed by atoms with Gasteiger partial charge in [-0.2, -0.15) is 5.10 Å². The van der Waals surface area contributed by atoms with E-state index in [4.69, 9.17) is 4.74 Å². The second kappa shape index (κ2) is 7.19. The van der Waals surface area contributed by atoms with Crippen LogP contribution in [0.3, 0.4) is 0 Å². The van der Waals surface area contributed by atoms with E-state index in [1.807, 2.05) is 54.6 Å². The minimum absolute atomic E-state index is 0.136. The molecule has 0 radical (unpaired) electrons. The number of fused-ring (bicyclic) bond motifs is 1. The molecule has 0 bridgehead atoms. The number of aromatic nitrogens is 1. The highest BCUT2D eigenvalue weighted by Crippen LogP contribution is 2.34. The predicted octanol–water partition coefficient (Wildman–Crippen LogP) is 3.74. The summed E-state index contributed by atoms with van der Waals surface area (Å²) in [5, 5.41) is 4.39. The van der Waals surface area contributed by atoms with Crippen LogP contribution in [-0.4, -0.2) is 16.6 Å². The third-order valence-electron chi connectivity index (χ3n) is 4.25. The molecule has 1 aliphatic rings. The molecule has 5 nitrogen and oxygen atoms in total. The van der Waals surface area contributed by atoms with Gasteiger partial charge in [0.05, 0.1) is 5.71 Å². The molecule has 2 aromatic carbocycles. The van der Waals surface area contributed by atoms with Crippen LogP contribution in [0.15, 0.2) is 84.2 Å². The van der Waals surface area contributed by atoms with Crippen molar-refractivity contribution in [3.63, 3.8) is 0 Å². The molecule has 1 aromatic heterocycles. The van der Waals surface area contributed by atoms with Crippen LogP contribution >= 0.6 is 0 Å². The molecular formula is C21H17N3O2. The molecule has 26 heavy (non-hydrogen) atoms. The summed E-state index contributed by atoms with van der Waals surface area (Å²) in [6, 6.07) is 21.1. The molecule has 2 heterocycles. The van der Waals surface area contributed by atoms with Crippen molar-refractivity contribution < 1.29 is 9.53 Å². The number of ether oxygens (including phenoxy) is 1. The van der Waals surface area contributed by atoms with E-state index in [0.717, 1.165) is 22.6 Å². The van der Waals surface area contributed by atoms with Crippen molar-refractivity contribution in [3.05, 3.63) is 95.8 Å². The summed E-state index contributed by atoms with van der Waals surface area (Å²) < 4.78 is 6.14. The van der Waals surface area contributed by atoms with Gasteiger partial charge in [0.25, 0.3) is 5.91 Å². The highest BCUT2D eigenvalue weighted by Gasteiger charge is 2.26. The molecule has 0 unspecified atom stereocenters. The third-order valence-corrected chi connectivity index (χ3v) is 4.25. The van der Waals surface area contributed by atoms with Gasteiger partial charge in [-0.25, -0.2) is 5.43 Å². The van der Waals surface area contributed by atoms with Crippen LogP contribution in [0.1, 0.15) is 34.0 Å². The van der Waals surface area contributed by atoms with E-state index in [1.54, 1.807) is 24.5 Å². The molecule has 3 aromatic rings. The predicted molar refractivity (Wildman–Crippen MR) is 99.1 cm³/mol. The first-order valence-electron chi connectivity index (χ1n) is 8.39. The van der Waals surface area contributed by atoms with E-state index in [2.05, 4.69) is 15.5 Å². The molecule has 0 spiro atoms. The number of nitrogens with one attached hydrogen (secondary N) is 1. The summed E-state index contributed by atoms with van der Waals surface area (Å²) in [4.78, 5) is 16.2. The normalized spacial score (nSPS) is 17.2. The molecular weight excluding hydrogens is 326 g/mol. The first-order chi connectivity index (χ1) is 12.8. The molecule has 1 amide bonds. The minimum atomic E-state index is -0.264. The van der Waals surface area contributed by atoms with Crippen LogP contribution in [0.2, 0.25) is 0 Å². The second-order valence-electron chi connectivity index (χ2n) is 5.95. The van der Waals surface area contributed by atoms with Crippen LogP contribution in [-0.2, 0) is 0 Å². The number of pyridine rings is 1. The maximum Gasteiger partial charge on any atom is 0.271 e. The lowest BCUT2D eigenvalue weighted by molar-refractivity contribution is 0.0954. The Labute approximate surface area is 151 Å². The van der Waals surface area contributed by atoms with Crippen LogP contribution < -0.4 is 10.2 Å². The number of benzene rings is 2. The maximum atomic E-state index is 12.3. The number of nitrogens with zero attached hydrogens (tertiary/aromatic N) is 2. The molecule has 4 rings (SSSR count). The van der Waals surface area contributed by atoms with Gasteiger partial charge in [-0.3, -0.25) is 9.78 Å². The Morgan fingerprint density at radius 3 is 2.54 bits per heavy atom. The van der Waals surface area contributed by atoms with Crippen molar-refractivity contribution in [1.82, 2.24) is 10.4 Å². The fourth-order valence-corrected chi connectivity index (χ4v) is 2.93. The largest absolute Gasteiger partial charge is 0.485 e. The van der Waals surface area contributed by atoms with Crippen molar-refractivity contribution >= 4 is 11.6 Å². The van der Waals surface area contributed by atoms with Gasteiger partial charge >= 0.3 is 0 Å². The number of hydrogen-bond donors (Lipinski definition) is 1. The lowest BCUT2D eigenvalue weighted by atomic mass is 9.96. The number of carbonyl (C=O) groups excluding carboxylic acids is 1. The van der Waals surface area contributed by atoms with Crippen molar-refractivity contribution in [3.8, 4) is 5.75 Å². The van der Waals surface area contributed by atoms with E-state index >= 15 is 0 Å². The summed E-state index contributed by atoms with van der Waals surface area (Å²) in [7, 11) is 0. The summed E-state index contributed by atoms with van der Waals surface area (Å²) in [5.41, 5.74) is 5.94. The SMILES string of the molecule is O=C(N/N=C1/C[C@H](c2ccccc2)Oc2ccccc21)c1ccncc1. The standard InChI is InChI=1S/C21H17N3O2/c25-21(16-10-12-22-13-11-16)24-23-18-14-20(15-6-2-1-3-7-15)26-19-9-5-4-8-17(18)19/h1-13,20H,14H2,(H,24,25)/b23-18-/t20-/m1/s1. The average Bonchev–Trinajstić information content (AvgIpc) is 2.73. The zero-order chi connectivity index (χ0) is 17.8. The van der Waals surface area contributed by atoms with E-state index < -0.39 is 0 Å². The second-order valence-corrected chi connectivity index (χ2v) is 5.95. The number of hydrogen-bond acceptors (Lipinski definition) is 4. The minimum Gasteiger partial charge on any atom is -0.485 e. The van der Waals surface area contributed by atoms with Gasteiger partial charge in [0, 0.05) is 29.9 Å². The van der Waals surface area contributed by atoms with E-state index in [9.17, 15) is 4.79 Å². The van der Waals surface area contributed by atoms with Crippen LogP contribution in [0.4, 0.5) is 0 Å². The Kier molecular flexibility index (Phi) is 4.43. The van der Waals surface area contributed by atoms with Gasteiger partial charge in [-0.15, -0.1) is 0 Å². The Balaban J connectivity index is 1.62. The maximum absolute atomic E-state index is 12.3. The Hall–Kier alpha value is -3.47. The molecule has 1 N–H and O–H groups in total. The number of carbonyl (C=O) groups is 1. The molecule has 0 saturated heterocycles. The topological polar surface area (TPSA) is 63.6 Å². The van der Waals surface area contributed by atoms with Gasteiger partial charge < -0.3 is 4.74 Å². The van der Waals surface area contributed by atoms with Crippen LogP contribution in [0.5, 0.6) is 5.75 Å². The van der Waals surface area contributed by atoms with Gasteiger partial charge in [0.1, 0.15) is 11.9 Å². The first kappa shape index (κ1) is 16.0. The van der Waals surface area contributed by atoms with E-state index in [-0.39, 0.29) is 12.0 Å². The van der Waals surface area contributed by atoms with Crippen LogP contribution in [0.25, 0.3) is 0 Å². The number of rotatable bonds is 3. The van der Waals surface area contributed by atoms with Gasteiger partial charge in [0.15, 0.2) is 0 Å². The molecule has 128 valence electrons. The number of para-hydroxylation sites is 1. The Bertz CT molecular complexity index is 940. The summed E-state index contributed by atoms with van der Waals surface area (Å²) >= 11 is 0. The van der Waals surface area contributed by atoms with Crippen LogP contribution in [0, 0.1) is 0 Å². The molecule has 1 atom stereocenters. The fraction of sp³-hybridized carbons (Fsp3) is 0.0952.